The minimum absolute atomic E-state index is 0.0800. The lowest BCUT2D eigenvalue weighted by atomic mass is 10.1. The van der Waals surface area contributed by atoms with Crippen LogP contribution in [0.4, 0.5) is 14.5 Å². The molecular weight excluding hydrogens is 260 g/mol. The van der Waals surface area contributed by atoms with Gasteiger partial charge in [-0.2, -0.15) is 5.10 Å². The lowest BCUT2D eigenvalue weighted by Crippen LogP contribution is -2.06. The van der Waals surface area contributed by atoms with Gasteiger partial charge in [-0.3, -0.25) is 4.68 Å². The summed E-state index contributed by atoms with van der Waals surface area (Å²) in [5.41, 5.74) is 2.23. The van der Waals surface area contributed by atoms with E-state index < -0.39 is 11.6 Å². The number of aryl methyl sites for hydroxylation is 2. The molecule has 0 saturated heterocycles. The van der Waals surface area contributed by atoms with Crippen molar-refractivity contribution in [3.8, 4) is 0 Å². The van der Waals surface area contributed by atoms with Gasteiger partial charge in [0.05, 0.1) is 5.69 Å². The molecule has 1 N–H and O–H groups in total. The number of anilines is 1. The molecule has 20 heavy (non-hydrogen) atoms. The molecule has 0 aliphatic carbocycles. The van der Waals surface area contributed by atoms with Crippen molar-refractivity contribution < 1.29 is 8.78 Å². The Morgan fingerprint density at radius 1 is 1.30 bits per heavy atom. The van der Waals surface area contributed by atoms with Crippen LogP contribution in [0.15, 0.2) is 18.3 Å². The summed E-state index contributed by atoms with van der Waals surface area (Å²) in [6.45, 7) is 6.04. The third-order valence-corrected chi connectivity index (χ3v) is 3.22. The van der Waals surface area contributed by atoms with Gasteiger partial charge in [-0.1, -0.05) is 19.9 Å². The molecule has 0 spiro atoms. The standard InChI is InChI=1S/C15H19F2N3/c1-9(2)14-11(8-20(4)19-14)7-18-15-12(16)6-5-10(3)13(15)17/h5-6,8-9,18H,7H2,1-4H3. The van der Waals surface area contributed by atoms with Gasteiger partial charge in [-0.25, -0.2) is 8.78 Å². The summed E-state index contributed by atoms with van der Waals surface area (Å²) >= 11 is 0. The van der Waals surface area contributed by atoms with Crippen molar-refractivity contribution in [2.24, 2.45) is 7.05 Å². The highest BCUT2D eigenvalue weighted by atomic mass is 19.1. The van der Waals surface area contributed by atoms with Gasteiger partial charge in [-0.05, 0) is 24.5 Å². The van der Waals surface area contributed by atoms with Gasteiger partial charge >= 0.3 is 0 Å². The number of rotatable bonds is 4. The van der Waals surface area contributed by atoms with Gasteiger partial charge in [0.1, 0.15) is 11.5 Å². The third kappa shape index (κ3) is 2.81. The highest BCUT2D eigenvalue weighted by Crippen LogP contribution is 2.24. The predicted octanol–water partition coefficient (Wildman–Crippen LogP) is 3.74. The van der Waals surface area contributed by atoms with E-state index in [0.29, 0.717) is 12.1 Å². The van der Waals surface area contributed by atoms with Gasteiger partial charge in [0.15, 0.2) is 5.82 Å². The Morgan fingerprint density at radius 3 is 2.65 bits per heavy atom. The molecule has 2 aromatic rings. The molecule has 0 amide bonds. The van der Waals surface area contributed by atoms with Crippen LogP contribution in [0.2, 0.25) is 0 Å². The highest BCUT2D eigenvalue weighted by Gasteiger charge is 2.14. The first-order valence-corrected chi connectivity index (χ1v) is 6.61. The third-order valence-electron chi connectivity index (χ3n) is 3.22. The first-order valence-electron chi connectivity index (χ1n) is 6.61. The average molecular weight is 279 g/mol. The van der Waals surface area contributed by atoms with Crippen LogP contribution in [0.5, 0.6) is 0 Å². The number of hydrogen-bond acceptors (Lipinski definition) is 2. The number of hydrogen-bond donors (Lipinski definition) is 1. The van der Waals surface area contributed by atoms with Gasteiger partial charge < -0.3 is 5.32 Å². The average Bonchev–Trinajstić information content (AvgIpc) is 2.75. The Labute approximate surface area is 117 Å². The van der Waals surface area contributed by atoms with Crippen LogP contribution in [0.25, 0.3) is 0 Å². The number of aromatic nitrogens is 2. The molecule has 108 valence electrons. The van der Waals surface area contributed by atoms with Crippen molar-refractivity contribution in [2.45, 2.75) is 33.2 Å². The molecular formula is C15H19F2N3. The van der Waals surface area contributed by atoms with E-state index in [2.05, 4.69) is 10.4 Å². The van der Waals surface area contributed by atoms with Crippen LogP contribution in [0, 0.1) is 18.6 Å². The maximum atomic E-state index is 13.9. The van der Waals surface area contributed by atoms with Crippen molar-refractivity contribution >= 4 is 5.69 Å². The highest BCUT2D eigenvalue weighted by molar-refractivity contribution is 5.49. The zero-order valence-corrected chi connectivity index (χ0v) is 12.2. The van der Waals surface area contributed by atoms with E-state index in [1.165, 1.54) is 12.1 Å². The normalized spacial score (nSPS) is 11.2. The van der Waals surface area contributed by atoms with Gasteiger partial charge in [-0.15, -0.1) is 0 Å². The summed E-state index contributed by atoms with van der Waals surface area (Å²) in [4.78, 5) is 0. The molecule has 0 unspecified atom stereocenters. The number of benzene rings is 1. The van der Waals surface area contributed by atoms with E-state index in [4.69, 9.17) is 0 Å². The quantitative estimate of drug-likeness (QED) is 0.924. The smallest absolute Gasteiger partial charge is 0.152 e. The first-order chi connectivity index (χ1) is 9.40. The molecule has 1 aromatic carbocycles. The van der Waals surface area contributed by atoms with Crippen LogP contribution in [-0.4, -0.2) is 9.78 Å². The van der Waals surface area contributed by atoms with Crippen molar-refractivity contribution in [1.29, 1.82) is 0 Å². The fourth-order valence-corrected chi connectivity index (χ4v) is 2.18. The molecule has 3 nitrogen and oxygen atoms in total. The monoisotopic (exact) mass is 279 g/mol. The molecule has 0 radical (unpaired) electrons. The summed E-state index contributed by atoms with van der Waals surface area (Å²) in [7, 11) is 1.84. The molecule has 0 saturated carbocycles. The molecule has 0 fully saturated rings. The minimum Gasteiger partial charge on any atom is -0.376 e. The summed E-state index contributed by atoms with van der Waals surface area (Å²) in [6, 6.07) is 2.70. The Hall–Kier alpha value is -1.91. The number of nitrogens with zero attached hydrogens (tertiary/aromatic N) is 2. The molecule has 0 atom stereocenters. The van der Waals surface area contributed by atoms with E-state index in [9.17, 15) is 8.78 Å². The molecule has 0 aliphatic heterocycles. The van der Waals surface area contributed by atoms with E-state index in [1.54, 1.807) is 11.6 Å². The SMILES string of the molecule is Cc1ccc(F)c(NCc2cn(C)nc2C(C)C)c1F. The molecule has 0 bridgehead atoms. The Bertz CT molecular complexity index is 618. The Morgan fingerprint density at radius 2 is 2.00 bits per heavy atom. The van der Waals surface area contributed by atoms with E-state index in [0.717, 1.165) is 11.3 Å². The van der Waals surface area contributed by atoms with Crippen molar-refractivity contribution in [3.63, 3.8) is 0 Å². The Balaban J connectivity index is 2.23. The minimum atomic E-state index is -0.580. The lowest BCUT2D eigenvalue weighted by molar-refractivity contribution is 0.582. The summed E-state index contributed by atoms with van der Waals surface area (Å²) in [5.74, 6) is -0.858. The van der Waals surface area contributed by atoms with E-state index in [-0.39, 0.29) is 11.6 Å². The second kappa shape index (κ2) is 5.61. The summed E-state index contributed by atoms with van der Waals surface area (Å²) < 4.78 is 29.3. The summed E-state index contributed by atoms with van der Waals surface area (Å²) in [5, 5.41) is 7.22. The number of halogens is 2. The van der Waals surface area contributed by atoms with Crippen LogP contribution in [0.1, 0.15) is 36.6 Å². The Kier molecular flexibility index (Phi) is 4.06. The molecule has 2 rings (SSSR count). The van der Waals surface area contributed by atoms with Crippen molar-refractivity contribution in [2.75, 3.05) is 5.32 Å². The topological polar surface area (TPSA) is 29.9 Å². The van der Waals surface area contributed by atoms with Crippen LogP contribution < -0.4 is 5.32 Å². The largest absolute Gasteiger partial charge is 0.376 e. The lowest BCUT2D eigenvalue weighted by Gasteiger charge is -2.11. The van der Waals surface area contributed by atoms with Crippen LogP contribution in [-0.2, 0) is 13.6 Å². The fourth-order valence-electron chi connectivity index (χ4n) is 2.18. The number of nitrogens with one attached hydrogen (secondary N) is 1. The maximum Gasteiger partial charge on any atom is 0.152 e. The van der Waals surface area contributed by atoms with Gasteiger partial charge in [0.25, 0.3) is 0 Å². The second-order valence-corrected chi connectivity index (χ2v) is 5.27. The molecule has 1 aromatic heterocycles. The maximum absolute atomic E-state index is 13.9. The zero-order chi connectivity index (χ0) is 14.9. The first kappa shape index (κ1) is 14.5. The van der Waals surface area contributed by atoms with Crippen molar-refractivity contribution in [1.82, 2.24) is 9.78 Å². The molecule has 0 aliphatic rings. The van der Waals surface area contributed by atoms with Crippen molar-refractivity contribution in [3.05, 3.63) is 46.8 Å². The second-order valence-electron chi connectivity index (χ2n) is 5.27. The predicted molar refractivity (Wildman–Crippen MR) is 75.7 cm³/mol. The van der Waals surface area contributed by atoms with E-state index in [1.807, 2.05) is 27.1 Å². The fraction of sp³-hybridized carbons (Fsp3) is 0.400. The van der Waals surface area contributed by atoms with Gasteiger partial charge in [0.2, 0.25) is 0 Å². The molecule has 1 heterocycles. The zero-order valence-electron chi connectivity index (χ0n) is 12.2. The van der Waals surface area contributed by atoms with Gasteiger partial charge in [0, 0.05) is 25.4 Å². The van der Waals surface area contributed by atoms with Crippen LogP contribution >= 0.6 is 0 Å². The van der Waals surface area contributed by atoms with E-state index >= 15 is 0 Å². The van der Waals surface area contributed by atoms with Crippen LogP contribution in [0.3, 0.4) is 0 Å². The summed E-state index contributed by atoms with van der Waals surface area (Å²) in [6.07, 6.45) is 1.87. The molecule has 5 heteroatoms.